The Morgan fingerprint density at radius 3 is 2.87 bits per heavy atom. The van der Waals surface area contributed by atoms with Gasteiger partial charge in [0.05, 0.1) is 22.1 Å². The molecule has 0 atom stereocenters. The molecule has 1 aromatic rings. The zero-order valence-corrected chi connectivity index (χ0v) is 10.9. The van der Waals surface area contributed by atoms with Gasteiger partial charge in [0.25, 0.3) is 5.56 Å². The van der Waals surface area contributed by atoms with E-state index in [9.17, 15) is 9.59 Å². The van der Waals surface area contributed by atoms with Crippen molar-refractivity contribution >= 4 is 28.4 Å². The average Bonchev–Trinajstić information content (AvgIpc) is 2.20. The molecule has 1 aromatic heterocycles. The monoisotopic (exact) mass is 320 g/mol. The molecule has 0 aliphatic carbocycles. The normalized spacial score (nSPS) is 10.3. The van der Waals surface area contributed by atoms with E-state index >= 15 is 0 Å². The standard InChI is InChI=1S/C10H13IN2O2/c1-3-4-8(14)5-13-6-12-7(2)9(11)10(13)15/h6H,3-5H2,1-2H3. The number of nitrogens with zero attached hydrogens (tertiary/aromatic N) is 2. The van der Waals surface area contributed by atoms with Gasteiger partial charge in [0, 0.05) is 6.42 Å². The molecule has 0 spiro atoms. The summed E-state index contributed by atoms with van der Waals surface area (Å²) in [6, 6.07) is 0. The van der Waals surface area contributed by atoms with Gasteiger partial charge in [-0.25, -0.2) is 4.98 Å². The van der Waals surface area contributed by atoms with Gasteiger partial charge in [0.15, 0.2) is 5.78 Å². The molecule has 0 aliphatic rings. The summed E-state index contributed by atoms with van der Waals surface area (Å²) in [6.07, 6.45) is 2.76. The number of hydrogen-bond acceptors (Lipinski definition) is 3. The molecule has 0 radical (unpaired) electrons. The van der Waals surface area contributed by atoms with Crippen molar-refractivity contribution in [2.75, 3.05) is 0 Å². The van der Waals surface area contributed by atoms with Crippen LogP contribution in [0.5, 0.6) is 0 Å². The fraction of sp³-hybridized carbons (Fsp3) is 0.500. The first-order chi connectivity index (χ1) is 7.06. The zero-order chi connectivity index (χ0) is 11.4. The van der Waals surface area contributed by atoms with Crippen LogP contribution in [0, 0.1) is 10.5 Å². The van der Waals surface area contributed by atoms with Crippen LogP contribution in [0.2, 0.25) is 0 Å². The number of hydrogen-bond donors (Lipinski definition) is 0. The quantitative estimate of drug-likeness (QED) is 0.791. The van der Waals surface area contributed by atoms with Gasteiger partial charge in [0.2, 0.25) is 0 Å². The molecule has 5 heteroatoms. The molecule has 1 rings (SSSR count). The van der Waals surface area contributed by atoms with Gasteiger partial charge in [-0.15, -0.1) is 0 Å². The van der Waals surface area contributed by atoms with Crippen molar-refractivity contribution in [3.8, 4) is 0 Å². The molecule has 0 bridgehead atoms. The maximum Gasteiger partial charge on any atom is 0.267 e. The fourth-order valence-corrected chi connectivity index (χ4v) is 1.66. The van der Waals surface area contributed by atoms with E-state index in [4.69, 9.17) is 0 Å². The molecule has 0 N–H and O–H groups in total. The van der Waals surface area contributed by atoms with Crippen molar-refractivity contribution in [3.63, 3.8) is 0 Å². The summed E-state index contributed by atoms with van der Waals surface area (Å²) in [5.74, 6) is 0.0704. The Morgan fingerprint density at radius 1 is 1.60 bits per heavy atom. The molecule has 15 heavy (non-hydrogen) atoms. The van der Waals surface area contributed by atoms with E-state index in [2.05, 4.69) is 4.98 Å². The van der Waals surface area contributed by atoms with Gasteiger partial charge < -0.3 is 0 Å². The molecule has 0 aromatic carbocycles. The molecule has 82 valence electrons. The lowest BCUT2D eigenvalue weighted by Gasteiger charge is -2.05. The molecule has 0 amide bonds. The van der Waals surface area contributed by atoms with Gasteiger partial charge in [0.1, 0.15) is 0 Å². The topological polar surface area (TPSA) is 52.0 Å². The van der Waals surface area contributed by atoms with Crippen LogP contribution in [0.1, 0.15) is 25.5 Å². The maximum atomic E-state index is 11.7. The van der Waals surface area contributed by atoms with Crippen LogP contribution in [0.3, 0.4) is 0 Å². The van der Waals surface area contributed by atoms with Gasteiger partial charge in [-0.05, 0) is 35.9 Å². The Morgan fingerprint density at radius 2 is 2.27 bits per heavy atom. The number of ketones is 1. The van der Waals surface area contributed by atoms with E-state index in [0.717, 1.165) is 6.42 Å². The predicted octanol–water partition coefficient (Wildman–Crippen LogP) is 1.53. The number of Topliss-reactive ketones (excluding diaryl/α,β-unsaturated/α-hetero) is 1. The van der Waals surface area contributed by atoms with E-state index in [-0.39, 0.29) is 17.9 Å². The number of carbonyl (C=O) groups excluding carboxylic acids is 1. The minimum atomic E-state index is -0.132. The molecule has 1 heterocycles. The van der Waals surface area contributed by atoms with E-state index in [1.807, 2.05) is 29.5 Å². The van der Waals surface area contributed by atoms with Gasteiger partial charge in [-0.3, -0.25) is 14.2 Å². The zero-order valence-electron chi connectivity index (χ0n) is 8.79. The lowest BCUT2D eigenvalue weighted by Crippen LogP contribution is -2.27. The number of rotatable bonds is 4. The van der Waals surface area contributed by atoms with Crippen molar-refractivity contribution in [1.29, 1.82) is 0 Å². The van der Waals surface area contributed by atoms with Crippen LogP contribution in [-0.4, -0.2) is 15.3 Å². The summed E-state index contributed by atoms with van der Waals surface area (Å²) < 4.78 is 1.95. The van der Waals surface area contributed by atoms with Crippen molar-refractivity contribution in [3.05, 3.63) is 25.9 Å². The number of halogens is 1. The van der Waals surface area contributed by atoms with Crippen molar-refractivity contribution in [2.24, 2.45) is 0 Å². The summed E-state index contributed by atoms with van der Waals surface area (Å²) in [6.45, 7) is 3.86. The van der Waals surface area contributed by atoms with E-state index in [1.54, 1.807) is 6.92 Å². The third-order valence-corrected chi connectivity index (χ3v) is 3.27. The predicted molar refractivity (Wildman–Crippen MR) is 65.9 cm³/mol. The van der Waals surface area contributed by atoms with Crippen LogP contribution in [0.4, 0.5) is 0 Å². The molecular formula is C10H13IN2O2. The Bertz CT molecular complexity index is 426. The number of aryl methyl sites for hydroxylation is 1. The minimum absolute atomic E-state index is 0.0704. The SMILES string of the molecule is CCCC(=O)Cn1cnc(C)c(I)c1=O. The third kappa shape index (κ3) is 3.12. The highest BCUT2D eigenvalue weighted by Crippen LogP contribution is 2.01. The second-order valence-corrected chi connectivity index (χ2v) is 4.44. The number of carbonyl (C=O) groups is 1. The lowest BCUT2D eigenvalue weighted by molar-refractivity contribution is -0.119. The Hall–Kier alpha value is -0.720. The number of aromatic nitrogens is 2. The summed E-state index contributed by atoms with van der Waals surface area (Å²) >= 11 is 1.96. The first-order valence-electron chi connectivity index (χ1n) is 4.79. The Kier molecular flexibility index (Phi) is 4.44. The summed E-state index contributed by atoms with van der Waals surface area (Å²) in [7, 11) is 0. The van der Waals surface area contributed by atoms with Gasteiger partial charge in [-0.1, -0.05) is 6.92 Å². The smallest absolute Gasteiger partial charge is 0.267 e. The van der Waals surface area contributed by atoms with Crippen LogP contribution >= 0.6 is 22.6 Å². The van der Waals surface area contributed by atoms with E-state index in [1.165, 1.54) is 10.9 Å². The molecule has 0 aliphatic heterocycles. The lowest BCUT2D eigenvalue weighted by atomic mass is 10.2. The second-order valence-electron chi connectivity index (χ2n) is 3.37. The highest BCUT2D eigenvalue weighted by Gasteiger charge is 2.08. The van der Waals surface area contributed by atoms with E-state index < -0.39 is 0 Å². The summed E-state index contributed by atoms with van der Waals surface area (Å²) in [5.41, 5.74) is 0.576. The molecule has 0 saturated carbocycles. The molecule has 4 nitrogen and oxygen atoms in total. The second kappa shape index (κ2) is 5.39. The largest absolute Gasteiger partial charge is 0.298 e. The van der Waals surface area contributed by atoms with Crippen LogP contribution < -0.4 is 5.56 Å². The summed E-state index contributed by atoms with van der Waals surface area (Å²) in [4.78, 5) is 27.1. The van der Waals surface area contributed by atoms with Crippen molar-refractivity contribution in [1.82, 2.24) is 9.55 Å². The molecular weight excluding hydrogens is 307 g/mol. The minimum Gasteiger partial charge on any atom is -0.298 e. The molecule has 0 unspecified atom stereocenters. The van der Waals surface area contributed by atoms with Crippen LogP contribution in [0.25, 0.3) is 0 Å². The average molecular weight is 320 g/mol. The van der Waals surface area contributed by atoms with E-state index in [0.29, 0.717) is 15.7 Å². The molecule has 0 fully saturated rings. The van der Waals surface area contributed by atoms with Crippen LogP contribution in [0.15, 0.2) is 11.1 Å². The van der Waals surface area contributed by atoms with Gasteiger partial charge in [-0.2, -0.15) is 0 Å². The summed E-state index contributed by atoms with van der Waals surface area (Å²) in [5, 5.41) is 0. The third-order valence-electron chi connectivity index (χ3n) is 2.03. The Balaban J connectivity index is 2.92. The Labute approximate surface area is 102 Å². The highest BCUT2D eigenvalue weighted by atomic mass is 127. The first kappa shape index (κ1) is 12.4. The van der Waals surface area contributed by atoms with Gasteiger partial charge >= 0.3 is 0 Å². The molecule has 0 saturated heterocycles. The van der Waals surface area contributed by atoms with Crippen LogP contribution in [-0.2, 0) is 11.3 Å². The van der Waals surface area contributed by atoms with Crippen molar-refractivity contribution < 1.29 is 4.79 Å². The maximum absolute atomic E-state index is 11.7. The highest BCUT2D eigenvalue weighted by molar-refractivity contribution is 14.1. The first-order valence-corrected chi connectivity index (χ1v) is 5.87. The fourth-order valence-electron chi connectivity index (χ4n) is 1.21. The van der Waals surface area contributed by atoms with Crippen molar-refractivity contribution in [2.45, 2.75) is 33.2 Å².